The molecule has 0 fully saturated rings. The second kappa shape index (κ2) is 8.73. The lowest BCUT2D eigenvalue weighted by Gasteiger charge is -2.27. The molecule has 0 aliphatic carbocycles. The third kappa shape index (κ3) is 4.09. The van der Waals surface area contributed by atoms with Crippen LogP contribution < -0.4 is 20.3 Å². The van der Waals surface area contributed by atoms with E-state index < -0.39 is 12.1 Å². The zero-order valence-corrected chi connectivity index (χ0v) is 17.7. The minimum absolute atomic E-state index is 0.149. The van der Waals surface area contributed by atoms with E-state index in [-0.39, 0.29) is 11.8 Å². The second-order valence-electron chi connectivity index (χ2n) is 7.85. The Balaban J connectivity index is 1.72. The first kappa shape index (κ1) is 20.8. The molecule has 7 heteroatoms. The van der Waals surface area contributed by atoms with Crippen LogP contribution in [0.4, 0.5) is 5.69 Å². The highest BCUT2D eigenvalue weighted by molar-refractivity contribution is 6.01. The molecule has 2 N–H and O–H groups in total. The highest BCUT2D eigenvalue weighted by Crippen LogP contribution is 2.29. The summed E-state index contributed by atoms with van der Waals surface area (Å²) in [5.74, 6) is -0.353. The summed E-state index contributed by atoms with van der Waals surface area (Å²) in [6.45, 7) is 2.07. The molecule has 0 bridgehead atoms. The van der Waals surface area contributed by atoms with E-state index in [0.717, 1.165) is 26.9 Å². The molecule has 2 atom stereocenters. The van der Waals surface area contributed by atoms with Gasteiger partial charge in [0.15, 0.2) is 6.20 Å². The molecule has 1 aromatic heterocycles. The Morgan fingerprint density at radius 3 is 2.74 bits per heavy atom. The average molecular weight is 418 g/mol. The summed E-state index contributed by atoms with van der Waals surface area (Å²) in [6.07, 6.45) is 2.69. The topological polar surface area (TPSA) is 88.4 Å². The molecule has 7 nitrogen and oxygen atoms in total. The summed E-state index contributed by atoms with van der Waals surface area (Å²) in [4.78, 5) is 27.8. The smallest absolute Gasteiger partial charge is 0.249 e. The normalized spacial score (nSPS) is 17.2. The number of hydrogen-bond acceptors (Lipinski definition) is 4. The first-order chi connectivity index (χ1) is 15.0. The Morgan fingerprint density at radius 1 is 1.19 bits per heavy atom. The van der Waals surface area contributed by atoms with Crippen LogP contribution in [0.2, 0.25) is 0 Å². The molecule has 1 aliphatic heterocycles. The molecule has 31 heavy (non-hydrogen) atoms. The number of aryl methyl sites for hydroxylation is 1. The van der Waals surface area contributed by atoms with E-state index in [1.807, 2.05) is 42.5 Å². The predicted molar refractivity (Wildman–Crippen MR) is 119 cm³/mol. The molecule has 3 aromatic rings. The van der Waals surface area contributed by atoms with Crippen molar-refractivity contribution in [3.8, 4) is 0 Å². The SMILES string of the molecule is CNC(C)C(=O)NC1CCc2ccccc2N(Cc2cc[n+]([O-])c3ccccc23)C1=O. The third-order valence-electron chi connectivity index (χ3n) is 5.92. The van der Waals surface area contributed by atoms with E-state index in [1.165, 1.54) is 6.20 Å². The minimum atomic E-state index is -0.616. The van der Waals surface area contributed by atoms with Crippen molar-refractivity contribution in [2.45, 2.75) is 38.4 Å². The number of nitrogens with one attached hydrogen (secondary N) is 2. The van der Waals surface area contributed by atoms with Crippen LogP contribution >= 0.6 is 0 Å². The molecule has 2 heterocycles. The van der Waals surface area contributed by atoms with Crippen LogP contribution in [0.3, 0.4) is 0 Å². The van der Waals surface area contributed by atoms with Gasteiger partial charge in [-0.1, -0.05) is 30.3 Å². The molecule has 0 radical (unpaired) electrons. The van der Waals surface area contributed by atoms with Gasteiger partial charge in [-0.25, -0.2) is 0 Å². The lowest BCUT2D eigenvalue weighted by atomic mass is 10.1. The van der Waals surface area contributed by atoms with Crippen LogP contribution in [0.15, 0.2) is 60.8 Å². The maximum atomic E-state index is 13.6. The Kier molecular flexibility index (Phi) is 5.86. The van der Waals surface area contributed by atoms with Crippen LogP contribution in [0.1, 0.15) is 24.5 Å². The van der Waals surface area contributed by atoms with Gasteiger partial charge in [0.05, 0.1) is 18.0 Å². The molecule has 1 aliphatic rings. The van der Waals surface area contributed by atoms with Crippen molar-refractivity contribution in [1.29, 1.82) is 0 Å². The minimum Gasteiger partial charge on any atom is -0.618 e. The fourth-order valence-electron chi connectivity index (χ4n) is 4.01. The summed E-state index contributed by atoms with van der Waals surface area (Å²) < 4.78 is 0.833. The number of anilines is 1. The average Bonchev–Trinajstić information content (AvgIpc) is 2.92. The zero-order chi connectivity index (χ0) is 22.0. The first-order valence-corrected chi connectivity index (χ1v) is 10.5. The monoisotopic (exact) mass is 418 g/mol. The third-order valence-corrected chi connectivity index (χ3v) is 5.92. The van der Waals surface area contributed by atoms with Gasteiger partial charge in [0.25, 0.3) is 0 Å². The van der Waals surface area contributed by atoms with Gasteiger partial charge in [0.2, 0.25) is 17.3 Å². The summed E-state index contributed by atoms with van der Waals surface area (Å²) in [6, 6.07) is 15.9. The number of carbonyl (C=O) groups excluding carboxylic acids is 2. The Morgan fingerprint density at radius 2 is 1.94 bits per heavy atom. The highest BCUT2D eigenvalue weighted by Gasteiger charge is 2.32. The van der Waals surface area contributed by atoms with E-state index in [4.69, 9.17) is 0 Å². The summed E-state index contributed by atoms with van der Waals surface area (Å²) >= 11 is 0. The van der Waals surface area contributed by atoms with Crippen LogP contribution in [-0.4, -0.2) is 30.9 Å². The number of hydrogen-bond donors (Lipinski definition) is 2. The summed E-state index contributed by atoms with van der Waals surface area (Å²) in [7, 11) is 1.71. The fourth-order valence-corrected chi connectivity index (χ4v) is 4.01. The van der Waals surface area contributed by atoms with Gasteiger partial charge in [-0.2, -0.15) is 4.73 Å². The number of nitrogens with zero attached hydrogens (tertiary/aromatic N) is 2. The Hall–Kier alpha value is -3.45. The summed E-state index contributed by atoms with van der Waals surface area (Å²) in [5.41, 5.74) is 3.34. The zero-order valence-electron chi connectivity index (χ0n) is 17.7. The van der Waals surface area contributed by atoms with Crippen molar-refractivity contribution < 1.29 is 14.3 Å². The molecule has 160 valence electrons. The number of likely N-dealkylation sites (N-methyl/N-ethyl adjacent to an activating group) is 1. The second-order valence-corrected chi connectivity index (χ2v) is 7.85. The summed E-state index contributed by atoms with van der Waals surface area (Å²) in [5, 5.41) is 18.8. The van der Waals surface area contributed by atoms with Crippen LogP contribution in [0, 0.1) is 5.21 Å². The van der Waals surface area contributed by atoms with Crippen molar-refractivity contribution >= 4 is 28.4 Å². The van der Waals surface area contributed by atoms with Gasteiger partial charge in [-0.05, 0) is 50.1 Å². The van der Waals surface area contributed by atoms with Crippen LogP contribution in [-0.2, 0) is 22.6 Å². The molecule has 4 rings (SSSR count). The number of rotatable bonds is 5. The van der Waals surface area contributed by atoms with Gasteiger partial charge < -0.3 is 20.7 Å². The molecule has 2 aromatic carbocycles. The van der Waals surface area contributed by atoms with Crippen molar-refractivity contribution in [2.24, 2.45) is 0 Å². The Bertz CT molecular complexity index is 1130. The maximum Gasteiger partial charge on any atom is 0.249 e. The standard InChI is InChI=1S/C24H26N4O3/c1-16(25-2)23(29)26-20-12-11-17-7-3-5-9-21(17)27(24(20)30)15-18-13-14-28(31)22-10-6-4-8-19(18)22/h3-10,13-14,16,20,25H,11-12,15H2,1-2H3,(H,26,29). The molecule has 0 saturated heterocycles. The van der Waals surface area contributed by atoms with Crippen LogP contribution in [0.25, 0.3) is 10.9 Å². The number of carbonyl (C=O) groups is 2. The number of pyridine rings is 1. The lowest BCUT2D eigenvalue weighted by molar-refractivity contribution is -0.577. The van der Waals surface area contributed by atoms with E-state index in [9.17, 15) is 14.8 Å². The van der Waals surface area contributed by atoms with Crippen molar-refractivity contribution in [2.75, 3.05) is 11.9 Å². The fraction of sp³-hybridized carbons (Fsp3) is 0.292. The van der Waals surface area contributed by atoms with Gasteiger partial charge in [-0.15, -0.1) is 0 Å². The molecule has 0 saturated carbocycles. The molecular formula is C24H26N4O3. The molecular weight excluding hydrogens is 392 g/mol. The molecule has 2 unspecified atom stereocenters. The largest absolute Gasteiger partial charge is 0.618 e. The quantitative estimate of drug-likeness (QED) is 0.490. The van der Waals surface area contributed by atoms with Gasteiger partial charge >= 0.3 is 0 Å². The molecule has 0 spiro atoms. The first-order valence-electron chi connectivity index (χ1n) is 10.5. The van der Waals surface area contributed by atoms with E-state index in [0.29, 0.717) is 24.9 Å². The van der Waals surface area contributed by atoms with Crippen molar-refractivity contribution in [3.63, 3.8) is 0 Å². The van der Waals surface area contributed by atoms with Crippen LogP contribution in [0.5, 0.6) is 0 Å². The van der Waals surface area contributed by atoms with Crippen molar-refractivity contribution in [1.82, 2.24) is 10.6 Å². The molecule has 2 amide bonds. The highest BCUT2D eigenvalue weighted by atomic mass is 16.5. The Labute approximate surface area is 181 Å². The number of para-hydroxylation sites is 2. The maximum absolute atomic E-state index is 13.6. The van der Waals surface area contributed by atoms with E-state index >= 15 is 0 Å². The van der Waals surface area contributed by atoms with E-state index in [2.05, 4.69) is 10.6 Å². The number of benzene rings is 2. The van der Waals surface area contributed by atoms with E-state index in [1.54, 1.807) is 31.0 Å². The lowest BCUT2D eigenvalue weighted by Crippen LogP contribution is -2.52. The van der Waals surface area contributed by atoms with Gasteiger partial charge in [-0.3, -0.25) is 9.59 Å². The van der Waals surface area contributed by atoms with Gasteiger partial charge in [0.1, 0.15) is 6.04 Å². The number of aromatic nitrogens is 1. The van der Waals surface area contributed by atoms with Gasteiger partial charge in [0, 0.05) is 17.8 Å². The van der Waals surface area contributed by atoms with Crippen molar-refractivity contribution in [3.05, 3.63) is 77.1 Å². The number of fused-ring (bicyclic) bond motifs is 2. The number of amides is 2. The predicted octanol–water partition coefficient (Wildman–Crippen LogP) is 2.05.